The molecular formula is C26H37BrO2. The predicted octanol–water partition coefficient (Wildman–Crippen LogP) is 7.26. The number of ether oxygens (including phenoxy) is 2. The molecule has 0 fully saturated rings. The largest absolute Gasteiger partial charge is 0.494 e. The molecule has 0 N–H and O–H groups in total. The van der Waals surface area contributed by atoms with E-state index in [0.717, 1.165) is 42.5 Å². The Morgan fingerprint density at radius 2 is 1.00 bits per heavy atom. The molecule has 160 valence electrons. The van der Waals surface area contributed by atoms with Gasteiger partial charge in [-0.05, 0) is 85.0 Å². The highest BCUT2D eigenvalue weighted by molar-refractivity contribution is 9.09. The van der Waals surface area contributed by atoms with Crippen molar-refractivity contribution in [1.82, 2.24) is 0 Å². The van der Waals surface area contributed by atoms with E-state index in [4.69, 9.17) is 9.47 Å². The molecule has 0 unspecified atom stereocenters. The summed E-state index contributed by atoms with van der Waals surface area (Å²) in [6.07, 6.45) is 4.01. The first kappa shape index (κ1) is 23.8. The van der Waals surface area contributed by atoms with Crippen molar-refractivity contribution in [2.75, 3.05) is 18.5 Å². The van der Waals surface area contributed by atoms with Crippen LogP contribution in [0, 0.1) is 0 Å². The molecule has 0 aliphatic rings. The minimum Gasteiger partial charge on any atom is -0.494 e. The van der Waals surface area contributed by atoms with Gasteiger partial charge in [0.2, 0.25) is 0 Å². The van der Waals surface area contributed by atoms with Gasteiger partial charge in [0.1, 0.15) is 11.5 Å². The van der Waals surface area contributed by atoms with Crippen molar-refractivity contribution in [3.8, 4) is 11.5 Å². The Bertz CT molecular complexity index is 732. The van der Waals surface area contributed by atoms with Gasteiger partial charge in [-0.25, -0.2) is 0 Å². The fourth-order valence-electron chi connectivity index (χ4n) is 4.56. The van der Waals surface area contributed by atoms with Crippen molar-refractivity contribution >= 4 is 15.9 Å². The fraction of sp³-hybridized carbons (Fsp3) is 0.538. The average Bonchev–Trinajstić information content (AvgIpc) is 2.75. The van der Waals surface area contributed by atoms with Crippen molar-refractivity contribution < 1.29 is 9.47 Å². The smallest absolute Gasteiger partial charge is 0.122 e. The Labute approximate surface area is 186 Å². The van der Waals surface area contributed by atoms with Crippen LogP contribution in [0.1, 0.15) is 80.8 Å². The van der Waals surface area contributed by atoms with E-state index in [0.29, 0.717) is 19.1 Å². The maximum atomic E-state index is 5.94. The molecule has 0 amide bonds. The van der Waals surface area contributed by atoms with Crippen molar-refractivity contribution in [2.45, 2.75) is 73.1 Å². The van der Waals surface area contributed by atoms with Crippen molar-refractivity contribution in [1.29, 1.82) is 0 Å². The second-order valence-electron chi connectivity index (χ2n) is 7.21. The van der Waals surface area contributed by atoms with Gasteiger partial charge in [0, 0.05) is 11.2 Å². The first-order chi connectivity index (χ1) is 14.1. The van der Waals surface area contributed by atoms with Crippen LogP contribution in [0.25, 0.3) is 0 Å². The minimum atomic E-state index is 0.321. The van der Waals surface area contributed by atoms with E-state index in [2.05, 4.69) is 81.7 Å². The Balaban J connectivity index is 2.68. The molecule has 2 rings (SSSR count). The maximum Gasteiger partial charge on any atom is 0.122 e. The van der Waals surface area contributed by atoms with E-state index < -0.39 is 0 Å². The summed E-state index contributed by atoms with van der Waals surface area (Å²) in [5, 5.41) is 0.904. The van der Waals surface area contributed by atoms with Gasteiger partial charge in [-0.1, -0.05) is 55.8 Å². The SMILES string of the molecule is CCOc1ccc(C(CBr)c2ccc(OCC)c(CC)c2CC)c(CC)c1CC. The standard InChI is InChI=1S/C26H37BrO2/c1-7-18-20(9-3)25(28-11-5)15-13-22(18)24(17-27)23-14-16-26(29-12-6)21(10-4)19(23)8-2/h13-16,24H,7-12,17H2,1-6H3. The molecule has 3 heteroatoms. The Morgan fingerprint density at radius 3 is 1.28 bits per heavy atom. The molecule has 0 saturated carbocycles. The van der Waals surface area contributed by atoms with Crippen molar-refractivity contribution in [2.24, 2.45) is 0 Å². The second-order valence-corrected chi connectivity index (χ2v) is 7.85. The predicted molar refractivity (Wildman–Crippen MR) is 128 cm³/mol. The summed E-state index contributed by atoms with van der Waals surface area (Å²) in [7, 11) is 0. The number of hydrogen-bond donors (Lipinski definition) is 0. The van der Waals surface area contributed by atoms with Crippen molar-refractivity contribution in [3.63, 3.8) is 0 Å². The molecule has 0 aliphatic heterocycles. The molecule has 0 spiro atoms. The van der Waals surface area contributed by atoms with E-state index in [1.165, 1.54) is 33.4 Å². The van der Waals surface area contributed by atoms with Gasteiger partial charge in [0.15, 0.2) is 0 Å². The van der Waals surface area contributed by atoms with E-state index in [1.807, 2.05) is 0 Å². The van der Waals surface area contributed by atoms with Gasteiger partial charge < -0.3 is 9.47 Å². The Hall–Kier alpha value is -1.48. The lowest BCUT2D eigenvalue weighted by atomic mass is 9.81. The molecule has 2 aromatic rings. The lowest BCUT2D eigenvalue weighted by Gasteiger charge is -2.26. The van der Waals surface area contributed by atoms with Gasteiger partial charge in [-0.15, -0.1) is 0 Å². The molecule has 0 aliphatic carbocycles. The molecule has 2 aromatic carbocycles. The van der Waals surface area contributed by atoms with Gasteiger partial charge >= 0.3 is 0 Å². The first-order valence-electron chi connectivity index (χ1n) is 11.2. The summed E-state index contributed by atoms with van der Waals surface area (Å²) in [5.74, 6) is 2.41. The zero-order chi connectivity index (χ0) is 21.4. The monoisotopic (exact) mass is 460 g/mol. The fourth-order valence-corrected chi connectivity index (χ4v) is 5.26. The quantitative estimate of drug-likeness (QED) is 0.328. The molecule has 0 heterocycles. The molecule has 0 radical (unpaired) electrons. The van der Waals surface area contributed by atoms with Crippen LogP contribution < -0.4 is 9.47 Å². The highest BCUT2D eigenvalue weighted by Crippen LogP contribution is 2.39. The van der Waals surface area contributed by atoms with E-state index in [1.54, 1.807) is 0 Å². The van der Waals surface area contributed by atoms with Crippen LogP contribution in [0.2, 0.25) is 0 Å². The van der Waals surface area contributed by atoms with E-state index in [-0.39, 0.29) is 0 Å². The normalized spacial score (nSPS) is 11.2. The molecule has 29 heavy (non-hydrogen) atoms. The highest BCUT2D eigenvalue weighted by Gasteiger charge is 2.24. The Morgan fingerprint density at radius 1 is 0.621 bits per heavy atom. The molecular weight excluding hydrogens is 424 g/mol. The van der Waals surface area contributed by atoms with Crippen LogP contribution in [-0.4, -0.2) is 18.5 Å². The molecule has 0 aromatic heterocycles. The number of hydrogen-bond acceptors (Lipinski definition) is 2. The summed E-state index contributed by atoms with van der Waals surface area (Å²) in [6, 6.07) is 8.92. The van der Waals surface area contributed by atoms with Gasteiger partial charge in [0.05, 0.1) is 13.2 Å². The van der Waals surface area contributed by atoms with Gasteiger partial charge in [0.25, 0.3) is 0 Å². The maximum absolute atomic E-state index is 5.94. The van der Waals surface area contributed by atoms with Crippen LogP contribution in [-0.2, 0) is 25.7 Å². The van der Waals surface area contributed by atoms with Crippen molar-refractivity contribution in [3.05, 3.63) is 57.6 Å². The summed E-state index contributed by atoms with van der Waals surface area (Å²) in [4.78, 5) is 0. The third-order valence-electron chi connectivity index (χ3n) is 5.77. The highest BCUT2D eigenvalue weighted by atomic mass is 79.9. The Kier molecular flexibility index (Phi) is 9.55. The third-order valence-corrected chi connectivity index (χ3v) is 6.42. The van der Waals surface area contributed by atoms with Gasteiger partial charge in [-0.2, -0.15) is 0 Å². The summed E-state index contributed by atoms with van der Waals surface area (Å²) < 4.78 is 11.9. The molecule has 2 nitrogen and oxygen atoms in total. The minimum absolute atomic E-state index is 0.321. The average molecular weight is 461 g/mol. The number of rotatable bonds is 11. The van der Waals surface area contributed by atoms with Crippen LogP contribution in [0.5, 0.6) is 11.5 Å². The molecule has 0 saturated heterocycles. The zero-order valence-corrected chi connectivity index (χ0v) is 20.6. The number of halogens is 1. The first-order valence-corrected chi connectivity index (χ1v) is 12.3. The van der Waals surface area contributed by atoms with Crippen LogP contribution >= 0.6 is 15.9 Å². The summed E-state index contributed by atoms with van der Waals surface area (Å²) in [5.41, 5.74) is 8.44. The lowest BCUT2D eigenvalue weighted by Crippen LogP contribution is -2.13. The zero-order valence-electron chi connectivity index (χ0n) is 19.0. The van der Waals surface area contributed by atoms with Gasteiger partial charge in [-0.3, -0.25) is 0 Å². The summed E-state index contributed by atoms with van der Waals surface area (Å²) in [6.45, 7) is 14.5. The lowest BCUT2D eigenvalue weighted by molar-refractivity contribution is 0.336. The van der Waals surface area contributed by atoms with Crippen LogP contribution in [0.15, 0.2) is 24.3 Å². The van der Waals surface area contributed by atoms with E-state index >= 15 is 0 Å². The van der Waals surface area contributed by atoms with Crippen LogP contribution in [0.3, 0.4) is 0 Å². The third kappa shape index (κ3) is 4.99. The number of benzene rings is 2. The van der Waals surface area contributed by atoms with Crippen LogP contribution in [0.4, 0.5) is 0 Å². The topological polar surface area (TPSA) is 18.5 Å². The summed E-state index contributed by atoms with van der Waals surface area (Å²) >= 11 is 3.85. The second kappa shape index (κ2) is 11.6. The van der Waals surface area contributed by atoms with E-state index in [9.17, 15) is 0 Å². The number of alkyl halides is 1. The molecule has 0 atom stereocenters. The molecule has 0 bridgehead atoms.